The van der Waals surface area contributed by atoms with Crippen molar-refractivity contribution >= 4 is 24.9 Å². The molecule has 3 rings (SSSR count). The lowest BCUT2D eigenvalue weighted by Gasteiger charge is -2.01. The second-order valence-electron chi connectivity index (χ2n) is 3.79. The summed E-state index contributed by atoms with van der Waals surface area (Å²) in [7, 11) is -0.116. The standard InChI is InChI=1S/C10H9OP.C6H6/c11-12-10-7-3-5-8-4-1-2-6-9(8)10;1-2-4-6-5-3-1/h1-7,11-12H;1-6H. The minimum Gasteiger partial charge on any atom is -0.372 e. The van der Waals surface area contributed by atoms with Crippen LogP contribution in [0.15, 0.2) is 78.9 Å². The van der Waals surface area contributed by atoms with E-state index >= 15 is 0 Å². The molecule has 0 aliphatic heterocycles. The molecule has 1 nitrogen and oxygen atoms in total. The molecule has 0 bridgehead atoms. The van der Waals surface area contributed by atoms with Crippen LogP contribution < -0.4 is 5.30 Å². The molecule has 0 saturated heterocycles. The normalized spacial score (nSPS) is 10.3. The largest absolute Gasteiger partial charge is 0.372 e. The van der Waals surface area contributed by atoms with Gasteiger partial charge in [-0.3, -0.25) is 0 Å². The van der Waals surface area contributed by atoms with E-state index in [-0.39, 0.29) is 8.81 Å². The predicted octanol–water partition coefficient (Wildman–Crippen LogP) is 3.74. The van der Waals surface area contributed by atoms with Gasteiger partial charge in [-0.25, -0.2) is 0 Å². The van der Waals surface area contributed by atoms with Gasteiger partial charge in [0.15, 0.2) is 0 Å². The quantitative estimate of drug-likeness (QED) is 0.656. The van der Waals surface area contributed by atoms with Crippen LogP contribution in [0.2, 0.25) is 0 Å². The molecule has 0 fully saturated rings. The van der Waals surface area contributed by atoms with Crippen molar-refractivity contribution in [1.82, 2.24) is 0 Å². The van der Waals surface area contributed by atoms with Gasteiger partial charge in [0, 0.05) is 14.1 Å². The highest BCUT2D eigenvalue weighted by molar-refractivity contribution is 7.41. The van der Waals surface area contributed by atoms with E-state index in [0.29, 0.717) is 0 Å². The van der Waals surface area contributed by atoms with Crippen molar-refractivity contribution in [2.24, 2.45) is 0 Å². The van der Waals surface area contributed by atoms with Gasteiger partial charge in [0.2, 0.25) is 0 Å². The lowest BCUT2D eigenvalue weighted by molar-refractivity contribution is 0.655. The third-order valence-electron chi connectivity index (χ3n) is 2.58. The summed E-state index contributed by atoms with van der Waals surface area (Å²) < 4.78 is 0. The zero-order valence-electron chi connectivity index (χ0n) is 9.95. The topological polar surface area (TPSA) is 20.2 Å². The van der Waals surface area contributed by atoms with Gasteiger partial charge in [-0.15, -0.1) is 0 Å². The molecular weight excluding hydrogens is 239 g/mol. The van der Waals surface area contributed by atoms with Crippen LogP contribution in [-0.4, -0.2) is 4.89 Å². The van der Waals surface area contributed by atoms with Crippen LogP contribution >= 0.6 is 8.81 Å². The SMILES string of the molecule is OPc1cccc2ccccc12.c1ccccc1. The van der Waals surface area contributed by atoms with Crippen molar-refractivity contribution < 1.29 is 4.89 Å². The van der Waals surface area contributed by atoms with E-state index in [0.717, 1.165) is 10.7 Å². The lowest BCUT2D eigenvalue weighted by atomic mass is 10.1. The Morgan fingerprint density at radius 1 is 0.611 bits per heavy atom. The minimum absolute atomic E-state index is 0.116. The van der Waals surface area contributed by atoms with Crippen LogP contribution in [0.1, 0.15) is 0 Å². The van der Waals surface area contributed by atoms with Gasteiger partial charge in [0.05, 0.1) is 0 Å². The van der Waals surface area contributed by atoms with Gasteiger partial charge in [0.1, 0.15) is 0 Å². The van der Waals surface area contributed by atoms with Crippen LogP contribution in [0.25, 0.3) is 10.8 Å². The average Bonchev–Trinajstić information content (AvgIpc) is 2.49. The van der Waals surface area contributed by atoms with Gasteiger partial charge in [0.25, 0.3) is 0 Å². The van der Waals surface area contributed by atoms with Crippen molar-refractivity contribution in [2.75, 3.05) is 0 Å². The Labute approximate surface area is 109 Å². The predicted molar refractivity (Wildman–Crippen MR) is 80.6 cm³/mol. The van der Waals surface area contributed by atoms with E-state index in [1.165, 1.54) is 5.39 Å². The first kappa shape index (κ1) is 12.8. The maximum Gasteiger partial charge on any atom is 0.0426 e. The number of hydrogen-bond donors (Lipinski definition) is 1. The fourth-order valence-corrected chi connectivity index (χ4v) is 2.23. The van der Waals surface area contributed by atoms with E-state index in [4.69, 9.17) is 4.89 Å². The molecule has 0 spiro atoms. The van der Waals surface area contributed by atoms with Crippen molar-refractivity contribution in [3.8, 4) is 0 Å². The first-order valence-electron chi connectivity index (χ1n) is 5.79. The van der Waals surface area contributed by atoms with Gasteiger partial charge in [-0.05, 0) is 10.8 Å². The molecule has 2 heteroatoms. The molecule has 18 heavy (non-hydrogen) atoms. The van der Waals surface area contributed by atoms with E-state index in [2.05, 4.69) is 12.1 Å². The van der Waals surface area contributed by atoms with Crippen molar-refractivity contribution in [3.05, 3.63) is 78.9 Å². The molecule has 0 saturated carbocycles. The molecule has 0 aliphatic carbocycles. The van der Waals surface area contributed by atoms with Crippen LogP contribution in [0.3, 0.4) is 0 Å². The summed E-state index contributed by atoms with van der Waals surface area (Å²) in [6.45, 7) is 0. The Kier molecular flexibility index (Phi) is 4.89. The average molecular weight is 254 g/mol. The molecule has 0 amide bonds. The van der Waals surface area contributed by atoms with Gasteiger partial charge in [-0.1, -0.05) is 78.9 Å². The number of hydrogen-bond acceptors (Lipinski definition) is 1. The fraction of sp³-hybridized carbons (Fsp3) is 0. The third-order valence-corrected chi connectivity index (χ3v) is 3.25. The molecule has 0 aliphatic rings. The number of benzene rings is 3. The Morgan fingerprint density at radius 2 is 1.17 bits per heavy atom. The molecule has 90 valence electrons. The lowest BCUT2D eigenvalue weighted by Crippen LogP contribution is -1.94. The third kappa shape index (κ3) is 3.40. The fourth-order valence-electron chi connectivity index (χ4n) is 1.71. The highest BCUT2D eigenvalue weighted by Crippen LogP contribution is 2.16. The zero-order chi connectivity index (χ0) is 12.6. The molecule has 3 aromatic carbocycles. The van der Waals surface area contributed by atoms with Crippen LogP contribution in [0, 0.1) is 0 Å². The molecule has 0 radical (unpaired) electrons. The number of rotatable bonds is 1. The zero-order valence-corrected chi connectivity index (χ0v) is 11.0. The summed E-state index contributed by atoms with van der Waals surface area (Å²) in [4.78, 5) is 9.06. The summed E-state index contributed by atoms with van der Waals surface area (Å²) in [6.07, 6.45) is 0. The van der Waals surface area contributed by atoms with Crippen molar-refractivity contribution in [3.63, 3.8) is 0 Å². The second kappa shape index (κ2) is 6.90. The minimum atomic E-state index is -0.116. The maximum absolute atomic E-state index is 9.06. The first-order valence-corrected chi connectivity index (χ1v) is 6.74. The van der Waals surface area contributed by atoms with Crippen LogP contribution in [0.4, 0.5) is 0 Å². The second-order valence-corrected chi connectivity index (χ2v) is 4.56. The summed E-state index contributed by atoms with van der Waals surface area (Å²) in [5, 5.41) is 3.37. The van der Waals surface area contributed by atoms with E-state index < -0.39 is 0 Å². The number of fused-ring (bicyclic) bond motifs is 1. The highest BCUT2D eigenvalue weighted by Gasteiger charge is 1.96. The summed E-state index contributed by atoms with van der Waals surface area (Å²) in [5.41, 5.74) is 0. The molecular formula is C16H15OP. The summed E-state index contributed by atoms with van der Waals surface area (Å²) in [5.74, 6) is 0. The molecule has 1 unspecified atom stereocenters. The first-order chi connectivity index (χ1) is 8.92. The maximum atomic E-state index is 9.06. The van der Waals surface area contributed by atoms with Crippen molar-refractivity contribution in [2.45, 2.75) is 0 Å². The van der Waals surface area contributed by atoms with Crippen LogP contribution in [0.5, 0.6) is 0 Å². The smallest absolute Gasteiger partial charge is 0.0426 e. The van der Waals surface area contributed by atoms with Gasteiger partial charge >= 0.3 is 0 Å². The van der Waals surface area contributed by atoms with Gasteiger partial charge in [-0.2, -0.15) is 0 Å². The molecule has 3 aromatic rings. The Balaban J connectivity index is 0.000000169. The molecule has 1 atom stereocenters. The highest BCUT2D eigenvalue weighted by atomic mass is 31.1. The Bertz CT molecular complexity index is 561. The molecule has 1 N–H and O–H groups in total. The Hall–Kier alpha value is -1.69. The van der Waals surface area contributed by atoms with Gasteiger partial charge < -0.3 is 4.89 Å². The summed E-state index contributed by atoms with van der Waals surface area (Å²) in [6, 6.07) is 26.1. The monoisotopic (exact) mass is 254 g/mol. The molecule has 0 aromatic heterocycles. The van der Waals surface area contributed by atoms with Crippen LogP contribution in [-0.2, 0) is 0 Å². The molecule has 0 heterocycles. The Morgan fingerprint density at radius 3 is 1.78 bits per heavy atom. The summed E-state index contributed by atoms with van der Waals surface area (Å²) >= 11 is 0. The van der Waals surface area contributed by atoms with E-state index in [1.807, 2.05) is 66.7 Å². The van der Waals surface area contributed by atoms with Crippen molar-refractivity contribution in [1.29, 1.82) is 0 Å². The van der Waals surface area contributed by atoms with E-state index in [9.17, 15) is 0 Å². The van der Waals surface area contributed by atoms with E-state index in [1.54, 1.807) is 0 Å².